The number of hydrogen-bond acceptors (Lipinski definition) is 3. The number of hydrogen-bond donors (Lipinski definition) is 1. The molecule has 0 aromatic heterocycles. The highest BCUT2D eigenvalue weighted by Gasteiger charge is 2.25. The molecule has 0 aliphatic heterocycles. The summed E-state index contributed by atoms with van der Waals surface area (Å²) in [5, 5.41) is 3.00. The van der Waals surface area contributed by atoms with Gasteiger partial charge in [-0.25, -0.2) is 8.42 Å². The summed E-state index contributed by atoms with van der Waals surface area (Å²) in [7, 11) is -3.04. The van der Waals surface area contributed by atoms with E-state index >= 15 is 0 Å². The Hall–Kier alpha value is -0.870. The summed E-state index contributed by atoms with van der Waals surface area (Å²) >= 11 is 0. The predicted molar refractivity (Wildman–Crippen MR) is 86.0 cm³/mol. The standard InChI is InChI=1S/C16H27NO2S/c1-6-7-17-16(14(4)20(5,18)19)11-15-9-12(2)8-13(3)10-15/h8-10,14,16-17H,6-7,11H2,1-5H3. The van der Waals surface area contributed by atoms with E-state index in [-0.39, 0.29) is 11.3 Å². The third-order valence-electron chi connectivity index (χ3n) is 3.64. The van der Waals surface area contributed by atoms with Crippen LogP contribution >= 0.6 is 0 Å². The van der Waals surface area contributed by atoms with Crippen LogP contribution in [0.25, 0.3) is 0 Å². The van der Waals surface area contributed by atoms with Crippen LogP contribution in [0, 0.1) is 13.8 Å². The van der Waals surface area contributed by atoms with Crippen LogP contribution in [0.2, 0.25) is 0 Å². The zero-order valence-electron chi connectivity index (χ0n) is 13.2. The molecule has 4 heteroatoms. The molecule has 0 aliphatic rings. The van der Waals surface area contributed by atoms with E-state index in [0.717, 1.165) is 19.4 Å². The maximum absolute atomic E-state index is 11.8. The van der Waals surface area contributed by atoms with Gasteiger partial charge in [-0.3, -0.25) is 0 Å². The van der Waals surface area contributed by atoms with Gasteiger partial charge in [-0.1, -0.05) is 36.2 Å². The number of aryl methyl sites for hydroxylation is 2. The molecule has 0 radical (unpaired) electrons. The van der Waals surface area contributed by atoms with E-state index in [4.69, 9.17) is 0 Å². The quantitative estimate of drug-likeness (QED) is 0.841. The molecular weight excluding hydrogens is 270 g/mol. The van der Waals surface area contributed by atoms with Gasteiger partial charge in [-0.15, -0.1) is 0 Å². The Morgan fingerprint density at radius 3 is 2.15 bits per heavy atom. The van der Waals surface area contributed by atoms with Crippen molar-refractivity contribution in [3.05, 3.63) is 34.9 Å². The van der Waals surface area contributed by atoms with Gasteiger partial charge in [0.2, 0.25) is 0 Å². The molecule has 1 aromatic rings. The van der Waals surface area contributed by atoms with E-state index in [1.165, 1.54) is 22.9 Å². The van der Waals surface area contributed by atoms with Crippen molar-refractivity contribution >= 4 is 9.84 Å². The number of rotatable bonds is 7. The molecule has 2 atom stereocenters. The summed E-state index contributed by atoms with van der Waals surface area (Å²) in [5.41, 5.74) is 3.65. The monoisotopic (exact) mass is 297 g/mol. The molecule has 114 valence electrons. The van der Waals surface area contributed by atoms with E-state index in [1.54, 1.807) is 6.92 Å². The fourth-order valence-electron chi connectivity index (χ4n) is 2.47. The molecule has 0 bridgehead atoms. The van der Waals surface area contributed by atoms with Crippen LogP contribution in [0.1, 0.15) is 37.0 Å². The largest absolute Gasteiger partial charge is 0.312 e. The smallest absolute Gasteiger partial charge is 0.151 e. The summed E-state index contributed by atoms with van der Waals surface area (Å²) in [6.45, 7) is 8.88. The molecule has 0 saturated heterocycles. The lowest BCUT2D eigenvalue weighted by Crippen LogP contribution is -2.44. The summed E-state index contributed by atoms with van der Waals surface area (Å²) in [6, 6.07) is 6.38. The highest BCUT2D eigenvalue weighted by molar-refractivity contribution is 7.91. The third-order valence-corrected chi connectivity index (χ3v) is 5.31. The third kappa shape index (κ3) is 5.25. The van der Waals surface area contributed by atoms with E-state index in [2.05, 4.69) is 44.3 Å². The lowest BCUT2D eigenvalue weighted by atomic mass is 9.99. The molecule has 3 nitrogen and oxygen atoms in total. The second kappa shape index (κ2) is 7.23. The van der Waals surface area contributed by atoms with Gasteiger partial charge in [0.15, 0.2) is 9.84 Å². The van der Waals surface area contributed by atoms with Crippen LogP contribution in [0.5, 0.6) is 0 Å². The van der Waals surface area contributed by atoms with Gasteiger partial charge >= 0.3 is 0 Å². The van der Waals surface area contributed by atoms with Gasteiger partial charge in [0.1, 0.15) is 0 Å². The Labute approximate surface area is 123 Å². The van der Waals surface area contributed by atoms with Crippen molar-refractivity contribution in [3.63, 3.8) is 0 Å². The van der Waals surface area contributed by atoms with Gasteiger partial charge in [0, 0.05) is 12.3 Å². The maximum Gasteiger partial charge on any atom is 0.151 e. The molecule has 20 heavy (non-hydrogen) atoms. The van der Waals surface area contributed by atoms with Crippen LogP contribution in [0.15, 0.2) is 18.2 Å². The first-order valence-corrected chi connectivity index (χ1v) is 9.19. The topological polar surface area (TPSA) is 46.2 Å². The molecule has 2 unspecified atom stereocenters. The van der Waals surface area contributed by atoms with E-state index < -0.39 is 9.84 Å². The van der Waals surface area contributed by atoms with Gasteiger partial charge in [-0.2, -0.15) is 0 Å². The first-order valence-electron chi connectivity index (χ1n) is 7.23. The zero-order valence-corrected chi connectivity index (χ0v) is 14.0. The van der Waals surface area contributed by atoms with Crippen molar-refractivity contribution in [2.75, 3.05) is 12.8 Å². The van der Waals surface area contributed by atoms with Gasteiger partial charge < -0.3 is 5.32 Å². The molecule has 1 N–H and O–H groups in total. The van der Waals surface area contributed by atoms with E-state index in [1.807, 2.05) is 0 Å². The minimum atomic E-state index is -3.04. The predicted octanol–water partition coefficient (Wildman–Crippen LogP) is 2.65. The van der Waals surface area contributed by atoms with Crippen molar-refractivity contribution in [1.82, 2.24) is 5.32 Å². The molecule has 0 spiro atoms. The molecule has 1 aromatic carbocycles. The average molecular weight is 297 g/mol. The number of nitrogens with one attached hydrogen (secondary N) is 1. The fourth-order valence-corrected chi connectivity index (χ4v) is 3.26. The van der Waals surface area contributed by atoms with Crippen molar-refractivity contribution in [2.45, 2.75) is 51.8 Å². The van der Waals surface area contributed by atoms with E-state index in [0.29, 0.717) is 0 Å². The Bertz CT molecular complexity index is 517. The summed E-state index contributed by atoms with van der Waals surface area (Å²) in [6.07, 6.45) is 3.07. The molecule has 0 aliphatic carbocycles. The number of benzene rings is 1. The lowest BCUT2D eigenvalue weighted by Gasteiger charge is -2.24. The average Bonchev–Trinajstić information content (AvgIpc) is 2.31. The van der Waals surface area contributed by atoms with Gasteiger partial charge in [-0.05, 0) is 45.7 Å². The molecular formula is C16H27NO2S. The summed E-state index contributed by atoms with van der Waals surface area (Å²) in [5.74, 6) is 0. The fraction of sp³-hybridized carbons (Fsp3) is 0.625. The minimum absolute atomic E-state index is 0.0360. The molecule has 0 heterocycles. The van der Waals surface area contributed by atoms with Crippen LogP contribution in [0.4, 0.5) is 0 Å². The highest BCUT2D eigenvalue weighted by Crippen LogP contribution is 2.15. The molecule has 0 fully saturated rings. The second-order valence-corrected chi connectivity index (χ2v) is 8.20. The lowest BCUT2D eigenvalue weighted by molar-refractivity contribution is 0.482. The van der Waals surface area contributed by atoms with Gasteiger partial charge in [0.05, 0.1) is 5.25 Å². The second-order valence-electron chi connectivity index (χ2n) is 5.80. The Morgan fingerprint density at radius 2 is 1.70 bits per heavy atom. The molecule has 1 rings (SSSR count). The van der Waals surface area contributed by atoms with Crippen LogP contribution in [-0.2, 0) is 16.3 Å². The Balaban J connectivity index is 2.94. The Kier molecular flexibility index (Phi) is 6.21. The normalized spacial score (nSPS) is 15.1. The zero-order chi connectivity index (χ0) is 15.3. The molecule has 0 amide bonds. The summed E-state index contributed by atoms with van der Waals surface area (Å²) in [4.78, 5) is 0. The first kappa shape index (κ1) is 17.2. The van der Waals surface area contributed by atoms with Crippen molar-refractivity contribution in [1.29, 1.82) is 0 Å². The van der Waals surface area contributed by atoms with E-state index in [9.17, 15) is 8.42 Å². The van der Waals surface area contributed by atoms with Crippen molar-refractivity contribution < 1.29 is 8.42 Å². The van der Waals surface area contributed by atoms with Crippen LogP contribution in [0.3, 0.4) is 0 Å². The number of sulfone groups is 1. The SMILES string of the molecule is CCCNC(Cc1cc(C)cc(C)c1)C(C)S(C)(=O)=O. The van der Waals surface area contributed by atoms with Crippen LogP contribution < -0.4 is 5.32 Å². The summed E-state index contributed by atoms with van der Waals surface area (Å²) < 4.78 is 23.6. The van der Waals surface area contributed by atoms with Gasteiger partial charge in [0.25, 0.3) is 0 Å². The van der Waals surface area contributed by atoms with Crippen molar-refractivity contribution in [3.8, 4) is 0 Å². The maximum atomic E-state index is 11.8. The highest BCUT2D eigenvalue weighted by atomic mass is 32.2. The first-order chi connectivity index (χ1) is 9.24. The van der Waals surface area contributed by atoms with Crippen LogP contribution in [-0.4, -0.2) is 32.5 Å². The minimum Gasteiger partial charge on any atom is -0.312 e. The molecule has 0 saturated carbocycles. The van der Waals surface area contributed by atoms with Crippen molar-refractivity contribution in [2.24, 2.45) is 0 Å². The Morgan fingerprint density at radius 1 is 1.15 bits per heavy atom.